The molecule has 3 rings (SSSR count). The Morgan fingerprint density at radius 1 is 1.15 bits per heavy atom. The number of benzene rings is 1. The number of nitrogens with zero attached hydrogens (tertiary/aromatic N) is 4. The molecule has 1 saturated heterocycles. The molecule has 0 bridgehead atoms. The predicted octanol–water partition coefficient (Wildman–Crippen LogP) is 2.65. The molecule has 1 fully saturated rings. The third kappa shape index (κ3) is 5.17. The molecule has 1 amide bonds. The zero-order valence-corrected chi connectivity index (χ0v) is 16.4. The predicted molar refractivity (Wildman–Crippen MR) is 106 cm³/mol. The van der Waals surface area contributed by atoms with Gasteiger partial charge < -0.3 is 4.90 Å². The van der Waals surface area contributed by atoms with E-state index in [9.17, 15) is 9.59 Å². The van der Waals surface area contributed by atoms with Gasteiger partial charge in [-0.15, -0.1) is 0 Å². The van der Waals surface area contributed by atoms with Crippen LogP contribution in [0, 0.1) is 0 Å². The quantitative estimate of drug-likeness (QED) is 0.763. The Morgan fingerprint density at radius 3 is 2.63 bits per heavy atom. The molecule has 1 aliphatic rings. The van der Waals surface area contributed by atoms with Crippen LogP contribution in [0.2, 0.25) is 5.02 Å². The lowest BCUT2D eigenvalue weighted by Gasteiger charge is -2.34. The van der Waals surface area contributed by atoms with Gasteiger partial charge in [-0.25, -0.2) is 4.68 Å². The third-order valence-electron chi connectivity index (χ3n) is 4.76. The maximum atomic E-state index is 12.8. The molecule has 2 heterocycles. The summed E-state index contributed by atoms with van der Waals surface area (Å²) in [5.74, 6) is -0.109. The number of hydrogen-bond acceptors (Lipinski definition) is 4. The zero-order valence-electron chi connectivity index (χ0n) is 15.6. The van der Waals surface area contributed by atoms with Gasteiger partial charge in [0, 0.05) is 50.4 Å². The highest BCUT2D eigenvalue weighted by Crippen LogP contribution is 2.14. The summed E-state index contributed by atoms with van der Waals surface area (Å²) in [6.07, 6.45) is 1.84. The number of rotatable bonds is 6. The van der Waals surface area contributed by atoms with Crippen molar-refractivity contribution in [2.75, 3.05) is 26.2 Å². The number of aryl methyl sites for hydroxylation is 1. The summed E-state index contributed by atoms with van der Waals surface area (Å²) >= 11 is 6.05. The standard InChI is InChI=1S/C20H25ClN4O2/c1-2-3-9-25-19(26)8-7-18(22-25)20(27)24-12-10-23(11-13-24)15-16-5-4-6-17(21)14-16/h4-8,14H,2-3,9-13,15H2,1H3. The SMILES string of the molecule is CCCCn1nc(C(=O)N2CCN(Cc3cccc(Cl)c3)CC2)ccc1=O. The second-order valence-corrected chi connectivity index (χ2v) is 7.27. The number of amides is 1. The van der Waals surface area contributed by atoms with Gasteiger partial charge in [0.15, 0.2) is 0 Å². The van der Waals surface area contributed by atoms with Crippen LogP contribution in [-0.4, -0.2) is 51.7 Å². The van der Waals surface area contributed by atoms with Crippen molar-refractivity contribution < 1.29 is 4.79 Å². The highest BCUT2D eigenvalue weighted by atomic mass is 35.5. The monoisotopic (exact) mass is 388 g/mol. The number of hydrogen-bond donors (Lipinski definition) is 0. The van der Waals surface area contributed by atoms with E-state index >= 15 is 0 Å². The Bertz CT molecular complexity index is 844. The molecule has 0 N–H and O–H groups in total. The van der Waals surface area contributed by atoms with Crippen molar-refractivity contribution in [2.45, 2.75) is 32.9 Å². The van der Waals surface area contributed by atoms with Crippen LogP contribution in [0.3, 0.4) is 0 Å². The molecule has 0 spiro atoms. The molecule has 0 atom stereocenters. The normalized spacial score (nSPS) is 15.1. The van der Waals surface area contributed by atoms with Crippen molar-refractivity contribution in [1.82, 2.24) is 19.6 Å². The van der Waals surface area contributed by atoms with Gasteiger partial charge in [-0.05, 0) is 30.2 Å². The van der Waals surface area contributed by atoms with Gasteiger partial charge in [0.1, 0.15) is 5.69 Å². The molecule has 144 valence electrons. The van der Waals surface area contributed by atoms with E-state index in [4.69, 9.17) is 11.6 Å². The number of halogens is 1. The van der Waals surface area contributed by atoms with E-state index < -0.39 is 0 Å². The highest BCUT2D eigenvalue weighted by molar-refractivity contribution is 6.30. The molecule has 0 aliphatic carbocycles. The van der Waals surface area contributed by atoms with Crippen LogP contribution in [0.25, 0.3) is 0 Å². The van der Waals surface area contributed by atoms with Crippen molar-refractivity contribution in [2.24, 2.45) is 0 Å². The molecular weight excluding hydrogens is 364 g/mol. The first-order valence-electron chi connectivity index (χ1n) is 9.41. The van der Waals surface area contributed by atoms with Crippen molar-refractivity contribution in [3.05, 3.63) is 63.0 Å². The average molecular weight is 389 g/mol. The van der Waals surface area contributed by atoms with Gasteiger partial charge in [0.05, 0.1) is 0 Å². The maximum absolute atomic E-state index is 12.8. The second-order valence-electron chi connectivity index (χ2n) is 6.83. The van der Waals surface area contributed by atoms with Crippen molar-refractivity contribution in [3.63, 3.8) is 0 Å². The molecule has 27 heavy (non-hydrogen) atoms. The molecule has 6 nitrogen and oxygen atoms in total. The van der Waals surface area contributed by atoms with E-state index in [0.29, 0.717) is 25.3 Å². The Labute approximate surface area is 164 Å². The highest BCUT2D eigenvalue weighted by Gasteiger charge is 2.23. The first-order chi connectivity index (χ1) is 13.1. The Morgan fingerprint density at radius 2 is 1.93 bits per heavy atom. The lowest BCUT2D eigenvalue weighted by Crippen LogP contribution is -2.48. The van der Waals surface area contributed by atoms with E-state index in [1.165, 1.54) is 22.4 Å². The lowest BCUT2D eigenvalue weighted by atomic mass is 10.2. The third-order valence-corrected chi connectivity index (χ3v) is 5.00. The van der Waals surface area contributed by atoms with Crippen LogP contribution < -0.4 is 5.56 Å². The van der Waals surface area contributed by atoms with Gasteiger partial charge in [-0.1, -0.05) is 37.1 Å². The van der Waals surface area contributed by atoms with Crippen molar-refractivity contribution in [1.29, 1.82) is 0 Å². The number of unbranched alkanes of at least 4 members (excludes halogenated alkanes) is 1. The summed E-state index contributed by atoms with van der Waals surface area (Å²) in [7, 11) is 0. The van der Waals surface area contributed by atoms with Crippen LogP contribution in [0.4, 0.5) is 0 Å². The molecule has 1 aliphatic heterocycles. The second kappa shape index (κ2) is 9.15. The minimum atomic E-state index is -0.161. The van der Waals surface area contributed by atoms with E-state index in [1.807, 2.05) is 23.1 Å². The minimum Gasteiger partial charge on any atom is -0.335 e. The number of aromatic nitrogens is 2. The first-order valence-corrected chi connectivity index (χ1v) is 9.79. The van der Waals surface area contributed by atoms with Crippen LogP contribution in [0.15, 0.2) is 41.2 Å². The Kier molecular flexibility index (Phi) is 6.63. The van der Waals surface area contributed by atoms with Crippen LogP contribution >= 0.6 is 11.6 Å². The van der Waals surface area contributed by atoms with Crippen molar-refractivity contribution in [3.8, 4) is 0 Å². The zero-order chi connectivity index (χ0) is 19.2. The van der Waals surface area contributed by atoms with Gasteiger partial charge in [-0.2, -0.15) is 5.10 Å². The van der Waals surface area contributed by atoms with Crippen molar-refractivity contribution >= 4 is 17.5 Å². The molecule has 0 radical (unpaired) electrons. The largest absolute Gasteiger partial charge is 0.335 e. The Hall–Kier alpha value is -2.18. The maximum Gasteiger partial charge on any atom is 0.274 e. The number of carbonyl (C=O) groups excluding carboxylic acids is 1. The fourth-order valence-corrected chi connectivity index (χ4v) is 3.41. The number of carbonyl (C=O) groups is 1. The van der Waals surface area contributed by atoms with Gasteiger partial charge in [0.2, 0.25) is 0 Å². The van der Waals surface area contributed by atoms with Gasteiger partial charge >= 0.3 is 0 Å². The molecule has 0 saturated carbocycles. The molecule has 1 aromatic heterocycles. The average Bonchev–Trinajstić information content (AvgIpc) is 2.67. The minimum absolute atomic E-state index is 0.109. The smallest absolute Gasteiger partial charge is 0.274 e. The first kappa shape index (κ1) is 19.6. The summed E-state index contributed by atoms with van der Waals surface area (Å²) in [5.41, 5.74) is 1.35. The summed E-state index contributed by atoms with van der Waals surface area (Å²) in [5, 5.41) is 5.01. The summed E-state index contributed by atoms with van der Waals surface area (Å²) < 4.78 is 1.39. The summed E-state index contributed by atoms with van der Waals surface area (Å²) in [6, 6.07) is 10.8. The summed E-state index contributed by atoms with van der Waals surface area (Å²) in [4.78, 5) is 28.8. The van der Waals surface area contributed by atoms with Gasteiger partial charge in [0.25, 0.3) is 11.5 Å². The van der Waals surface area contributed by atoms with Crippen LogP contribution in [0.5, 0.6) is 0 Å². The fourth-order valence-electron chi connectivity index (χ4n) is 3.20. The fraction of sp³-hybridized carbons (Fsp3) is 0.450. The van der Waals surface area contributed by atoms with Gasteiger partial charge in [-0.3, -0.25) is 14.5 Å². The lowest BCUT2D eigenvalue weighted by molar-refractivity contribution is 0.0620. The molecule has 1 aromatic carbocycles. The van der Waals surface area contributed by atoms with E-state index in [1.54, 1.807) is 0 Å². The molecule has 7 heteroatoms. The molecular formula is C20H25ClN4O2. The Balaban J connectivity index is 1.59. The number of piperazine rings is 1. The molecule has 0 unspecified atom stereocenters. The van der Waals surface area contributed by atoms with Crippen LogP contribution in [-0.2, 0) is 13.1 Å². The molecule has 2 aromatic rings. The summed E-state index contributed by atoms with van der Waals surface area (Å²) in [6.45, 7) is 6.32. The van der Waals surface area contributed by atoms with E-state index in [-0.39, 0.29) is 11.5 Å². The van der Waals surface area contributed by atoms with Crippen LogP contribution in [0.1, 0.15) is 35.8 Å². The topological polar surface area (TPSA) is 58.4 Å². The van der Waals surface area contributed by atoms with E-state index in [0.717, 1.165) is 37.5 Å². The van der Waals surface area contributed by atoms with E-state index in [2.05, 4.69) is 23.0 Å².